The van der Waals surface area contributed by atoms with E-state index in [-0.39, 0.29) is 35.8 Å². The summed E-state index contributed by atoms with van der Waals surface area (Å²) < 4.78 is 15.7. The number of rotatable bonds is 8. The van der Waals surface area contributed by atoms with E-state index in [1.54, 1.807) is 25.3 Å². The number of ether oxygens (including phenoxy) is 3. The van der Waals surface area contributed by atoms with Crippen molar-refractivity contribution in [3.63, 3.8) is 0 Å². The molecule has 2 aliphatic rings. The Labute approximate surface area is 195 Å². The zero-order valence-corrected chi connectivity index (χ0v) is 19.9. The number of methoxy groups -OCH3 is 1. The molecule has 2 N–H and O–H groups in total. The number of hydrogen-bond donors (Lipinski definition) is 2. The summed E-state index contributed by atoms with van der Waals surface area (Å²) in [5.41, 5.74) is 0.322. The zero-order chi connectivity index (χ0) is 24.0. The van der Waals surface area contributed by atoms with Gasteiger partial charge in [0.2, 0.25) is 18.6 Å². The minimum Gasteiger partial charge on any atom is -0.454 e. The van der Waals surface area contributed by atoms with Crippen LogP contribution in [0, 0.1) is 11.3 Å². The molecule has 0 aromatic heterocycles. The van der Waals surface area contributed by atoms with Crippen LogP contribution >= 0.6 is 0 Å². The highest BCUT2D eigenvalue weighted by atomic mass is 16.7. The highest BCUT2D eigenvalue weighted by molar-refractivity contribution is 5.98. The lowest BCUT2D eigenvalue weighted by Crippen LogP contribution is -2.54. The maximum absolute atomic E-state index is 13.0. The monoisotopic (exact) mass is 461 g/mol. The summed E-state index contributed by atoms with van der Waals surface area (Å²) >= 11 is 0. The van der Waals surface area contributed by atoms with Gasteiger partial charge in [-0.2, -0.15) is 0 Å². The normalized spacial score (nSPS) is 16.9. The molecule has 3 amide bonds. The van der Waals surface area contributed by atoms with Crippen LogP contribution < -0.4 is 20.1 Å². The molecule has 9 nitrogen and oxygen atoms in total. The third-order valence-electron chi connectivity index (χ3n) is 5.85. The SMILES string of the molecule is COCCNC(=O)[C@@H](NC(=O)c1ccc2c(c1)OCO2)C1CCN(C(=O)CC(C)(C)C)CC1. The van der Waals surface area contributed by atoms with Crippen LogP contribution in [0.3, 0.4) is 0 Å². The van der Waals surface area contributed by atoms with Gasteiger partial charge in [-0.05, 0) is 42.4 Å². The first-order valence-electron chi connectivity index (χ1n) is 11.4. The molecule has 1 atom stereocenters. The molecule has 182 valence electrons. The van der Waals surface area contributed by atoms with E-state index >= 15 is 0 Å². The Hall–Kier alpha value is -2.81. The minimum absolute atomic E-state index is 0.0731. The van der Waals surface area contributed by atoms with Crippen LogP contribution in [0.15, 0.2) is 18.2 Å². The van der Waals surface area contributed by atoms with Gasteiger partial charge in [0.15, 0.2) is 11.5 Å². The molecule has 0 aliphatic carbocycles. The number of hydrogen-bond acceptors (Lipinski definition) is 6. The second-order valence-electron chi connectivity index (χ2n) is 9.76. The molecule has 2 heterocycles. The molecular formula is C24H35N3O6. The van der Waals surface area contributed by atoms with Crippen LogP contribution in [0.2, 0.25) is 0 Å². The first-order chi connectivity index (χ1) is 15.7. The van der Waals surface area contributed by atoms with Gasteiger partial charge < -0.3 is 29.7 Å². The molecule has 1 aromatic carbocycles. The highest BCUT2D eigenvalue weighted by Gasteiger charge is 2.34. The standard InChI is InChI=1S/C24H35N3O6/c1-24(2,3)14-20(28)27-10-7-16(8-11-27)21(23(30)25-9-12-31-4)26-22(29)17-5-6-18-19(13-17)33-15-32-18/h5-6,13,16,21H,7-12,14-15H2,1-4H3,(H,25,30)(H,26,29)/t21-/m0/s1. The first-order valence-corrected chi connectivity index (χ1v) is 11.4. The van der Waals surface area contributed by atoms with Crippen LogP contribution in [0.5, 0.6) is 11.5 Å². The highest BCUT2D eigenvalue weighted by Crippen LogP contribution is 2.32. The van der Waals surface area contributed by atoms with Crippen molar-refractivity contribution in [3.8, 4) is 11.5 Å². The quantitative estimate of drug-likeness (QED) is 0.573. The Morgan fingerprint density at radius 1 is 1.15 bits per heavy atom. The van der Waals surface area contributed by atoms with Crippen molar-refractivity contribution in [2.75, 3.05) is 40.1 Å². The lowest BCUT2D eigenvalue weighted by Gasteiger charge is -2.36. The minimum atomic E-state index is -0.709. The van der Waals surface area contributed by atoms with Crippen LogP contribution in [0.4, 0.5) is 0 Å². The summed E-state index contributed by atoms with van der Waals surface area (Å²) in [7, 11) is 1.56. The summed E-state index contributed by atoms with van der Waals surface area (Å²) in [5.74, 6) is 0.546. The second kappa shape index (κ2) is 10.9. The third-order valence-corrected chi connectivity index (χ3v) is 5.85. The van der Waals surface area contributed by atoms with Gasteiger partial charge in [0.05, 0.1) is 6.61 Å². The molecule has 33 heavy (non-hydrogen) atoms. The number of nitrogens with zero attached hydrogens (tertiary/aromatic N) is 1. The summed E-state index contributed by atoms with van der Waals surface area (Å²) in [6, 6.07) is 4.24. The topological polar surface area (TPSA) is 106 Å². The smallest absolute Gasteiger partial charge is 0.252 e. The Morgan fingerprint density at radius 2 is 1.85 bits per heavy atom. The van der Waals surface area contributed by atoms with E-state index in [1.165, 1.54) is 0 Å². The summed E-state index contributed by atoms with van der Waals surface area (Å²) in [4.78, 5) is 40.4. The molecule has 3 rings (SSSR count). The average molecular weight is 462 g/mol. The predicted octanol–water partition coefficient (Wildman–Crippen LogP) is 1.95. The van der Waals surface area contributed by atoms with Crippen LogP contribution in [0.1, 0.15) is 50.4 Å². The number of amides is 3. The maximum Gasteiger partial charge on any atom is 0.252 e. The van der Waals surface area contributed by atoms with Gasteiger partial charge >= 0.3 is 0 Å². The van der Waals surface area contributed by atoms with E-state index in [4.69, 9.17) is 14.2 Å². The Kier molecular flexibility index (Phi) is 8.18. The number of fused-ring (bicyclic) bond motifs is 1. The largest absolute Gasteiger partial charge is 0.454 e. The molecule has 1 aromatic rings. The number of carbonyl (C=O) groups excluding carboxylic acids is 3. The predicted molar refractivity (Wildman–Crippen MR) is 122 cm³/mol. The van der Waals surface area contributed by atoms with E-state index in [9.17, 15) is 14.4 Å². The fraction of sp³-hybridized carbons (Fsp3) is 0.625. The van der Waals surface area contributed by atoms with Gasteiger partial charge in [-0.25, -0.2) is 0 Å². The van der Waals surface area contributed by atoms with Gasteiger partial charge in [0.1, 0.15) is 6.04 Å². The van der Waals surface area contributed by atoms with Gasteiger partial charge in [-0.1, -0.05) is 20.8 Å². The Bertz CT molecular complexity index is 858. The molecular weight excluding hydrogens is 426 g/mol. The summed E-state index contributed by atoms with van der Waals surface area (Å²) in [5, 5.41) is 5.75. The molecule has 0 spiro atoms. The van der Waals surface area contributed by atoms with Crippen LogP contribution in [-0.2, 0) is 14.3 Å². The van der Waals surface area contributed by atoms with Gasteiger partial charge in [-0.15, -0.1) is 0 Å². The van der Waals surface area contributed by atoms with E-state index in [1.807, 2.05) is 25.7 Å². The zero-order valence-electron chi connectivity index (χ0n) is 19.9. The fourth-order valence-electron chi connectivity index (χ4n) is 4.09. The third kappa shape index (κ3) is 6.83. The molecule has 1 fully saturated rings. The van der Waals surface area contributed by atoms with Crippen molar-refractivity contribution in [2.24, 2.45) is 11.3 Å². The molecule has 2 aliphatic heterocycles. The van der Waals surface area contributed by atoms with Gasteiger partial charge in [0, 0.05) is 38.7 Å². The summed E-state index contributed by atoms with van der Waals surface area (Å²) in [6.07, 6.45) is 1.76. The fourth-order valence-corrected chi connectivity index (χ4v) is 4.09. The lowest BCUT2D eigenvalue weighted by molar-refractivity contribution is -0.134. The molecule has 0 radical (unpaired) electrons. The van der Waals surface area contributed by atoms with Gasteiger partial charge in [-0.3, -0.25) is 14.4 Å². The van der Waals surface area contributed by atoms with Gasteiger partial charge in [0.25, 0.3) is 5.91 Å². The van der Waals surface area contributed by atoms with Crippen molar-refractivity contribution in [2.45, 2.75) is 46.1 Å². The Balaban J connectivity index is 1.66. The number of benzene rings is 1. The molecule has 1 saturated heterocycles. The second-order valence-corrected chi connectivity index (χ2v) is 9.76. The number of nitrogens with one attached hydrogen (secondary N) is 2. The van der Waals surface area contributed by atoms with Crippen molar-refractivity contribution in [1.82, 2.24) is 15.5 Å². The Morgan fingerprint density at radius 3 is 2.52 bits per heavy atom. The first kappa shape index (κ1) is 24.8. The number of likely N-dealkylation sites (tertiary alicyclic amines) is 1. The van der Waals surface area contributed by atoms with Crippen molar-refractivity contribution >= 4 is 17.7 Å². The molecule has 0 saturated carbocycles. The van der Waals surface area contributed by atoms with Crippen molar-refractivity contribution in [1.29, 1.82) is 0 Å². The van der Waals surface area contributed by atoms with Crippen LogP contribution in [-0.4, -0.2) is 68.8 Å². The van der Waals surface area contributed by atoms with Crippen molar-refractivity contribution < 1.29 is 28.6 Å². The molecule has 0 unspecified atom stereocenters. The lowest BCUT2D eigenvalue weighted by atomic mass is 9.87. The van der Waals surface area contributed by atoms with Crippen LogP contribution in [0.25, 0.3) is 0 Å². The molecule has 0 bridgehead atoms. The van der Waals surface area contributed by atoms with E-state index in [0.29, 0.717) is 62.6 Å². The maximum atomic E-state index is 13.0. The average Bonchev–Trinajstić information content (AvgIpc) is 3.24. The summed E-state index contributed by atoms with van der Waals surface area (Å²) in [6.45, 7) is 8.14. The van der Waals surface area contributed by atoms with E-state index < -0.39 is 6.04 Å². The molecule has 9 heteroatoms. The number of carbonyl (C=O) groups is 3. The van der Waals surface area contributed by atoms with Crippen molar-refractivity contribution in [3.05, 3.63) is 23.8 Å². The number of piperidine rings is 1. The van der Waals surface area contributed by atoms with E-state index in [0.717, 1.165) is 0 Å². The van der Waals surface area contributed by atoms with E-state index in [2.05, 4.69) is 10.6 Å².